The molecule has 0 spiro atoms. The maximum absolute atomic E-state index is 13.8. The second kappa shape index (κ2) is 12.3. The molecule has 2 bridgehead atoms. The highest BCUT2D eigenvalue weighted by atomic mass is 16.2. The van der Waals surface area contributed by atoms with Crippen LogP contribution in [0, 0.1) is 12.8 Å². The van der Waals surface area contributed by atoms with Gasteiger partial charge in [0, 0.05) is 40.8 Å². The number of carbonyl (C=O) groups is 2. The number of nitrogens with one attached hydrogen (secondary N) is 2. The Morgan fingerprint density at radius 2 is 1.62 bits per heavy atom. The van der Waals surface area contributed by atoms with Crippen LogP contribution >= 0.6 is 0 Å². The van der Waals surface area contributed by atoms with Gasteiger partial charge in [-0.15, -0.1) is 0 Å². The van der Waals surface area contributed by atoms with Crippen molar-refractivity contribution in [2.75, 3.05) is 10.6 Å². The summed E-state index contributed by atoms with van der Waals surface area (Å²) in [4.78, 5) is 33.7. The van der Waals surface area contributed by atoms with E-state index >= 15 is 0 Å². The molecule has 2 atom stereocenters. The van der Waals surface area contributed by atoms with Crippen LogP contribution in [0.3, 0.4) is 0 Å². The van der Waals surface area contributed by atoms with Crippen molar-refractivity contribution in [3.8, 4) is 5.69 Å². The molecule has 2 aliphatic rings. The number of hydrogen-bond donors (Lipinski definition) is 2. The molecule has 8 nitrogen and oxygen atoms in total. The van der Waals surface area contributed by atoms with E-state index in [9.17, 15) is 9.59 Å². The summed E-state index contributed by atoms with van der Waals surface area (Å²) in [6, 6.07) is 28.3. The molecular weight excluding hydrogens is 584 g/mol. The van der Waals surface area contributed by atoms with E-state index in [0.717, 1.165) is 65.5 Å². The fraction of sp³-hybridized carbons (Fsp3) is 0.333. The first-order valence-corrected chi connectivity index (χ1v) is 16.6. The minimum atomic E-state index is -0.317. The van der Waals surface area contributed by atoms with Crippen molar-refractivity contribution in [3.63, 3.8) is 0 Å². The number of benzene rings is 3. The maximum Gasteiger partial charge on any atom is 0.324 e. The van der Waals surface area contributed by atoms with Gasteiger partial charge < -0.3 is 10.2 Å². The first-order valence-electron chi connectivity index (χ1n) is 16.6. The van der Waals surface area contributed by atoms with E-state index in [4.69, 9.17) is 5.10 Å². The van der Waals surface area contributed by atoms with Crippen LogP contribution < -0.4 is 10.6 Å². The number of rotatable bonds is 6. The van der Waals surface area contributed by atoms with Crippen molar-refractivity contribution >= 4 is 34.2 Å². The third kappa shape index (κ3) is 6.37. The Hall–Kier alpha value is -4.98. The van der Waals surface area contributed by atoms with Crippen LogP contribution in [0.2, 0.25) is 0 Å². The molecule has 3 aromatic carbocycles. The zero-order valence-electron chi connectivity index (χ0n) is 27.5. The third-order valence-electron chi connectivity index (χ3n) is 9.65. The van der Waals surface area contributed by atoms with Crippen molar-refractivity contribution in [1.29, 1.82) is 0 Å². The standard InChI is InChI=1S/C39H42N6O2/c1-25-12-14-30(15-13-25)45-35(24-34(43-45)39(2,3)4)42-38(47)41-29-10-7-8-26(21-29)20-27-22-31-16-17-32(23-27)44(31)37(46)36-33-11-6-5-9-28(33)18-19-40-36/h5-15,18-19,21,24,27,31-32H,16-17,20,22-23H2,1-4H3,(H2,41,42,47). The van der Waals surface area contributed by atoms with Crippen molar-refractivity contribution in [2.24, 2.45) is 5.92 Å². The smallest absolute Gasteiger partial charge is 0.324 e. The second-order valence-corrected chi connectivity index (χ2v) is 14.2. The molecule has 4 heterocycles. The molecule has 2 aliphatic heterocycles. The largest absolute Gasteiger partial charge is 0.331 e. The summed E-state index contributed by atoms with van der Waals surface area (Å²) in [5, 5.41) is 12.9. The molecule has 8 heteroatoms. The molecule has 0 aliphatic carbocycles. The number of carbonyl (C=O) groups excluding carboxylic acids is 2. The summed E-state index contributed by atoms with van der Waals surface area (Å²) >= 11 is 0. The zero-order chi connectivity index (χ0) is 32.7. The van der Waals surface area contributed by atoms with Gasteiger partial charge in [0.2, 0.25) is 0 Å². The summed E-state index contributed by atoms with van der Waals surface area (Å²) < 4.78 is 1.79. The van der Waals surface area contributed by atoms with E-state index in [1.54, 1.807) is 10.9 Å². The Morgan fingerprint density at radius 1 is 0.872 bits per heavy atom. The molecule has 47 heavy (non-hydrogen) atoms. The number of aryl methyl sites for hydroxylation is 1. The van der Waals surface area contributed by atoms with Crippen molar-refractivity contribution in [3.05, 3.63) is 114 Å². The number of piperidine rings is 1. The zero-order valence-corrected chi connectivity index (χ0v) is 27.5. The lowest BCUT2D eigenvalue weighted by molar-refractivity contribution is 0.0521. The lowest BCUT2D eigenvalue weighted by atomic mass is 9.85. The van der Waals surface area contributed by atoms with E-state index in [1.807, 2.05) is 79.7 Å². The SMILES string of the molecule is Cc1ccc(-n2nc(C(C)(C)C)cc2NC(=O)Nc2cccc(CC3CC4CCC(C3)N4C(=O)c3nccc4ccccc34)c2)cc1. The number of hydrogen-bond acceptors (Lipinski definition) is 4. The van der Waals surface area contributed by atoms with Crippen LogP contribution in [-0.4, -0.2) is 43.7 Å². The first-order chi connectivity index (χ1) is 22.6. The average Bonchev–Trinajstić information content (AvgIpc) is 3.59. The van der Waals surface area contributed by atoms with Gasteiger partial charge in [-0.25, -0.2) is 9.48 Å². The van der Waals surface area contributed by atoms with Crippen molar-refractivity contribution < 1.29 is 9.59 Å². The van der Waals surface area contributed by atoms with Crippen LogP contribution in [0.1, 0.15) is 73.8 Å². The molecule has 2 N–H and O–H groups in total. The second-order valence-electron chi connectivity index (χ2n) is 14.2. The maximum atomic E-state index is 13.8. The molecule has 5 aromatic rings. The van der Waals surface area contributed by atoms with Crippen molar-refractivity contribution in [2.45, 2.75) is 77.3 Å². The number of fused-ring (bicyclic) bond motifs is 3. The molecule has 240 valence electrons. The van der Waals surface area contributed by atoms with Gasteiger partial charge >= 0.3 is 6.03 Å². The van der Waals surface area contributed by atoms with Crippen LogP contribution in [0.25, 0.3) is 16.5 Å². The summed E-state index contributed by atoms with van der Waals surface area (Å²) in [5.41, 5.74) is 5.26. The lowest BCUT2D eigenvalue weighted by Gasteiger charge is -2.39. The highest BCUT2D eigenvalue weighted by molar-refractivity contribution is 6.05. The van der Waals surface area contributed by atoms with Crippen LogP contribution in [0.15, 0.2) is 91.1 Å². The predicted octanol–water partition coefficient (Wildman–Crippen LogP) is 8.30. The molecule has 2 aromatic heterocycles. The van der Waals surface area contributed by atoms with Gasteiger partial charge in [-0.2, -0.15) is 5.10 Å². The molecule has 3 amide bonds. The summed E-state index contributed by atoms with van der Waals surface area (Å²) in [7, 11) is 0. The first kappa shape index (κ1) is 30.7. The summed E-state index contributed by atoms with van der Waals surface area (Å²) in [6.07, 6.45) is 6.68. The number of aromatic nitrogens is 3. The molecule has 2 fully saturated rings. The van der Waals surface area contributed by atoms with Gasteiger partial charge in [-0.3, -0.25) is 15.1 Å². The van der Waals surface area contributed by atoms with Gasteiger partial charge in [0.25, 0.3) is 5.91 Å². The quantitative estimate of drug-likeness (QED) is 0.198. The molecule has 0 saturated carbocycles. The monoisotopic (exact) mass is 626 g/mol. The Morgan fingerprint density at radius 3 is 2.36 bits per heavy atom. The average molecular weight is 627 g/mol. The fourth-order valence-corrected chi connectivity index (χ4v) is 7.31. The molecule has 2 saturated heterocycles. The molecule has 0 radical (unpaired) electrons. The van der Waals surface area contributed by atoms with Crippen molar-refractivity contribution in [1.82, 2.24) is 19.7 Å². The number of urea groups is 1. The van der Waals surface area contributed by atoms with E-state index in [1.165, 1.54) is 5.56 Å². The van der Waals surface area contributed by atoms with Gasteiger partial charge in [0.05, 0.1) is 11.4 Å². The Labute approximate surface area is 276 Å². The molecule has 2 unspecified atom stereocenters. The van der Waals surface area contributed by atoms with Crippen LogP contribution in [0.4, 0.5) is 16.3 Å². The lowest BCUT2D eigenvalue weighted by Crippen LogP contribution is -2.47. The molecule has 7 rings (SSSR count). The van der Waals surface area contributed by atoms with E-state index < -0.39 is 0 Å². The van der Waals surface area contributed by atoms with Gasteiger partial charge in [-0.05, 0) is 86.2 Å². The van der Waals surface area contributed by atoms with E-state index in [2.05, 4.69) is 53.4 Å². The predicted molar refractivity (Wildman–Crippen MR) is 187 cm³/mol. The minimum absolute atomic E-state index is 0.0586. The van der Waals surface area contributed by atoms with Crippen LogP contribution in [-0.2, 0) is 11.8 Å². The number of pyridine rings is 1. The van der Waals surface area contributed by atoms with Gasteiger partial charge in [0.15, 0.2) is 0 Å². The normalized spacial score (nSPS) is 19.1. The topological polar surface area (TPSA) is 92.2 Å². The fourth-order valence-electron chi connectivity index (χ4n) is 7.31. The summed E-state index contributed by atoms with van der Waals surface area (Å²) in [6.45, 7) is 8.38. The number of amides is 3. The van der Waals surface area contributed by atoms with E-state index in [-0.39, 0.29) is 29.4 Å². The van der Waals surface area contributed by atoms with Gasteiger partial charge in [-0.1, -0.05) is 74.9 Å². The number of anilines is 2. The Balaban J connectivity index is 1.01. The Kier molecular flexibility index (Phi) is 8.04. The van der Waals surface area contributed by atoms with Gasteiger partial charge in [0.1, 0.15) is 11.5 Å². The van der Waals surface area contributed by atoms with Crippen LogP contribution in [0.5, 0.6) is 0 Å². The number of nitrogens with zero attached hydrogens (tertiary/aromatic N) is 4. The Bertz CT molecular complexity index is 1920. The van der Waals surface area contributed by atoms with E-state index in [0.29, 0.717) is 17.4 Å². The highest BCUT2D eigenvalue weighted by Crippen LogP contribution is 2.41. The highest BCUT2D eigenvalue weighted by Gasteiger charge is 2.44. The summed E-state index contributed by atoms with van der Waals surface area (Å²) in [5.74, 6) is 1.15. The molecular formula is C39H42N6O2. The third-order valence-corrected chi connectivity index (χ3v) is 9.65. The minimum Gasteiger partial charge on any atom is -0.331 e.